The zero-order valence-electron chi connectivity index (χ0n) is 33.8. The van der Waals surface area contributed by atoms with Crippen molar-refractivity contribution in [1.29, 1.82) is 0 Å². The molecule has 0 aliphatic heterocycles. The van der Waals surface area contributed by atoms with Gasteiger partial charge in [-0.05, 0) is 82.4 Å². The van der Waals surface area contributed by atoms with Gasteiger partial charge in [-0.1, -0.05) is 121 Å². The SMILES string of the molecule is O=[N+]([O-])c1ccccc1-c1cc2ccc3sc4ccccc4c3c2c2c1sc1ccccc12.c1ccc2c(c1)Cc1c-2c2sc3ccccc3c2c2c1ccc1sc3ccccc3c12. The van der Waals surface area contributed by atoms with Gasteiger partial charge in [0.1, 0.15) is 0 Å². The Morgan fingerprint density at radius 3 is 1.55 bits per heavy atom. The van der Waals surface area contributed by atoms with Crippen LogP contribution < -0.4 is 0 Å². The van der Waals surface area contributed by atoms with Crippen molar-refractivity contribution in [3.05, 3.63) is 197 Å². The van der Waals surface area contributed by atoms with E-state index >= 15 is 0 Å². The highest BCUT2D eigenvalue weighted by atomic mass is 32.1. The molecule has 0 spiro atoms. The molecule has 1 aliphatic carbocycles. The van der Waals surface area contributed by atoms with Gasteiger partial charge in [-0.25, -0.2) is 0 Å². The Morgan fingerprint density at radius 1 is 0.391 bits per heavy atom. The van der Waals surface area contributed by atoms with Gasteiger partial charge in [0, 0.05) is 109 Å². The van der Waals surface area contributed by atoms with Crippen molar-refractivity contribution in [1.82, 2.24) is 0 Å². The molecule has 64 heavy (non-hydrogen) atoms. The Morgan fingerprint density at radius 2 is 0.891 bits per heavy atom. The van der Waals surface area contributed by atoms with E-state index in [0.717, 1.165) is 22.1 Å². The van der Waals surface area contributed by atoms with E-state index in [9.17, 15) is 10.1 Å². The Bertz CT molecular complexity index is 4340. The molecule has 4 heterocycles. The van der Waals surface area contributed by atoms with Gasteiger partial charge in [-0.3, -0.25) is 10.1 Å². The maximum Gasteiger partial charge on any atom is 0.277 e. The molecule has 0 amide bonds. The second-order valence-corrected chi connectivity index (χ2v) is 20.9. The van der Waals surface area contributed by atoms with E-state index in [1.807, 2.05) is 46.1 Å². The number of benzene rings is 10. The summed E-state index contributed by atoms with van der Waals surface area (Å²) in [6.45, 7) is 0. The molecule has 4 aromatic heterocycles. The number of rotatable bonds is 2. The van der Waals surface area contributed by atoms with Crippen LogP contribution in [0.2, 0.25) is 0 Å². The standard InChI is InChI=1S/C29H16S2.C28H15NO2S2/c1-2-8-17-16(7-1)15-21-18-13-14-24-26(19-9-3-5-11-22(19)30-24)27(18)28-20-10-4-6-12-23(20)31-29(28)25(17)21;30-29(31)21-10-4-1-7-17(21)20-15-16-13-14-24-26(18-8-2-5-11-22(18)32-24)25(16)27-19-9-3-6-12-23(19)33-28(20)27/h1-14H,15H2;1-15H. The van der Waals surface area contributed by atoms with E-state index in [4.69, 9.17) is 0 Å². The lowest BCUT2D eigenvalue weighted by Crippen LogP contribution is -1.92. The van der Waals surface area contributed by atoms with Crippen LogP contribution in [0.3, 0.4) is 0 Å². The lowest BCUT2D eigenvalue weighted by atomic mass is 9.92. The summed E-state index contributed by atoms with van der Waals surface area (Å²) in [6, 6.07) is 62.1. The molecule has 0 unspecified atom stereocenters. The number of fused-ring (bicyclic) bond motifs is 23. The fourth-order valence-electron chi connectivity index (χ4n) is 10.6. The molecule has 3 nitrogen and oxygen atoms in total. The van der Waals surface area contributed by atoms with Crippen LogP contribution in [-0.4, -0.2) is 4.92 Å². The van der Waals surface area contributed by atoms with E-state index < -0.39 is 0 Å². The predicted octanol–water partition coefficient (Wildman–Crippen LogP) is 18.3. The Hall–Kier alpha value is -7.00. The normalized spacial score (nSPS) is 12.4. The molecular weight excluding hydrogens is 859 g/mol. The van der Waals surface area contributed by atoms with Crippen LogP contribution in [0.5, 0.6) is 0 Å². The molecule has 0 N–H and O–H groups in total. The highest BCUT2D eigenvalue weighted by molar-refractivity contribution is 7.28. The molecule has 7 heteroatoms. The summed E-state index contributed by atoms with van der Waals surface area (Å²) >= 11 is 7.41. The minimum atomic E-state index is -0.283. The van der Waals surface area contributed by atoms with Gasteiger partial charge in [-0.2, -0.15) is 0 Å². The zero-order chi connectivity index (χ0) is 42.2. The fraction of sp³-hybridized carbons (Fsp3) is 0.0175. The van der Waals surface area contributed by atoms with Crippen molar-refractivity contribution in [2.75, 3.05) is 0 Å². The molecule has 0 radical (unpaired) electrons. The molecule has 0 bridgehead atoms. The minimum Gasteiger partial charge on any atom is -0.258 e. The lowest BCUT2D eigenvalue weighted by molar-refractivity contribution is -0.384. The lowest BCUT2D eigenvalue weighted by Gasteiger charge is -2.11. The van der Waals surface area contributed by atoms with Crippen LogP contribution >= 0.6 is 45.3 Å². The third-order valence-corrected chi connectivity index (χ3v) is 17.9. The van der Waals surface area contributed by atoms with Crippen LogP contribution in [0.15, 0.2) is 176 Å². The van der Waals surface area contributed by atoms with Crippen molar-refractivity contribution >= 4 is 153 Å². The second-order valence-electron chi connectivity index (χ2n) is 16.6. The third kappa shape index (κ3) is 5.12. The average molecular weight is 890 g/mol. The summed E-state index contributed by atoms with van der Waals surface area (Å²) in [7, 11) is 0. The number of nitro benzene ring substituents is 1. The molecular formula is C57H31NO2S4. The summed E-state index contributed by atoms with van der Waals surface area (Å²) in [4.78, 5) is 11.6. The molecule has 14 aromatic rings. The van der Waals surface area contributed by atoms with Crippen LogP contribution in [-0.2, 0) is 6.42 Å². The Kier molecular flexibility index (Phi) is 7.84. The highest BCUT2D eigenvalue weighted by Gasteiger charge is 2.28. The quantitative estimate of drug-likeness (QED) is 0.128. The predicted molar refractivity (Wildman–Crippen MR) is 280 cm³/mol. The smallest absolute Gasteiger partial charge is 0.258 e. The summed E-state index contributed by atoms with van der Waals surface area (Å²) in [5.74, 6) is 0. The third-order valence-electron chi connectivity index (χ3n) is 13.3. The first-order valence-electron chi connectivity index (χ1n) is 21.3. The van der Waals surface area contributed by atoms with Crippen molar-refractivity contribution in [3.63, 3.8) is 0 Å². The number of thiophene rings is 4. The molecule has 0 saturated heterocycles. The summed E-state index contributed by atoms with van der Waals surface area (Å²) in [5.41, 5.74) is 7.58. The molecule has 0 saturated carbocycles. The number of hydrogen-bond acceptors (Lipinski definition) is 6. The van der Waals surface area contributed by atoms with Crippen molar-refractivity contribution in [2.45, 2.75) is 6.42 Å². The first-order chi connectivity index (χ1) is 31.6. The van der Waals surface area contributed by atoms with Crippen LogP contribution in [0, 0.1) is 10.1 Å². The topological polar surface area (TPSA) is 43.1 Å². The van der Waals surface area contributed by atoms with Gasteiger partial charge in [0.25, 0.3) is 5.69 Å². The summed E-state index contributed by atoms with van der Waals surface area (Å²) < 4.78 is 10.4. The maximum absolute atomic E-state index is 11.9. The Balaban J connectivity index is 0.000000124. The van der Waals surface area contributed by atoms with Gasteiger partial charge in [0.05, 0.1) is 10.5 Å². The monoisotopic (exact) mass is 889 g/mol. The number of nitro groups is 1. The highest BCUT2D eigenvalue weighted by Crippen LogP contribution is 2.54. The van der Waals surface area contributed by atoms with Crippen LogP contribution in [0.1, 0.15) is 11.1 Å². The second kappa shape index (κ2) is 13.7. The van der Waals surface area contributed by atoms with Gasteiger partial charge in [0.2, 0.25) is 0 Å². The molecule has 0 fully saturated rings. The zero-order valence-corrected chi connectivity index (χ0v) is 37.1. The minimum absolute atomic E-state index is 0.137. The molecule has 10 aromatic carbocycles. The van der Waals surface area contributed by atoms with Gasteiger partial charge < -0.3 is 0 Å². The summed E-state index contributed by atoms with van der Waals surface area (Å²) in [6.07, 6.45) is 1.03. The number of nitrogens with zero attached hydrogens (tertiary/aromatic N) is 1. The first kappa shape index (κ1) is 36.5. The van der Waals surface area contributed by atoms with Crippen LogP contribution in [0.25, 0.3) is 124 Å². The van der Waals surface area contributed by atoms with Crippen molar-refractivity contribution in [3.8, 4) is 22.3 Å². The summed E-state index contributed by atoms with van der Waals surface area (Å²) in [5, 5.41) is 27.7. The number of hydrogen-bond donors (Lipinski definition) is 0. The fourth-order valence-corrected chi connectivity index (χ4v) is 15.4. The van der Waals surface area contributed by atoms with Crippen molar-refractivity contribution in [2.24, 2.45) is 0 Å². The molecule has 0 atom stereocenters. The van der Waals surface area contributed by atoms with E-state index in [-0.39, 0.29) is 10.6 Å². The van der Waals surface area contributed by atoms with Crippen molar-refractivity contribution < 1.29 is 4.92 Å². The average Bonchev–Trinajstić information content (AvgIpc) is 4.17. The van der Waals surface area contributed by atoms with Gasteiger partial charge in [-0.15, -0.1) is 45.3 Å². The molecule has 15 rings (SSSR count). The Labute approximate surface area is 381 Å². The molecule has 300 valence electrons. The van der Waals surface area contributed by atoms with Gasteiger partial charge >= 0.3 is 0 Å². The van der Waals surface area contributed by atoms with E-state index in [1.165, 1.54) is 114 Å². The van der Waals surface area contributed by atoms with Crippen LogP contribution in [0.4, 0.5) is 5.69 Å². The first-order valence-corrected chi connectivity index (χ1v) is 24.6. The van der Waals surface area contributed by atoms with E-state index in [0.29, 0.717) is 5.56 Å². The number of para-hydroxylation sites is 1. The van der Waals surface area contributed by atoms with E-state index in [2.05, 4.69) is 152 Å². The van der Waals surface area contributed by atoms with Gasteiger partial charge in [0.15, 0.2) is 0 Å². The molecule has 1 aliphatic rings. The maximum atomic E-state index is 11.9. The largest absolute Gasteiger partial charge is 0.277 e. The van der Waals surface area contributed by atoms with E-state index in [1.54, 1.807) is 23.5 Å².